The molecule has 1 heterocycles. The zero-order chi connectivity index (χ0) is 13.4. The van der Waals surface area contributed by atoms with Crippen LogP contribution in [-0.2, 0) is 9.53 Å². The van der Waals surface area contributed by atoms with Crippen molar-refractivity contribution in [2.45, 2.75) is 39.5 Å². The van der Waals surface area contributed by atoms with E-state index in [1.165, 1.54) is 6.33 Å². The van der Waals surface area contributed by atoms with E-state index >= 15 is 0 Å². The Hall–Kier alpha value is -1.65. The first-order valence-electron chi connectivity index (χ1n) is 6.42. The van der Waals surface area contributed by atoms with Crippen molar-refractivity contribution in [2.75, 3.05) is 18.5 Å². The topological polar surface area (TPSA) is 64.1 Å². The number of carbonyl (C=O) groups is 1. The highest BCUT2D eigenvalue weighted by molar-refractivity contribution is 5.74. The molecule has 1 N–H and O–H groups in total. The highest BCUT2D eigenvalue weighted by atomic mass is 16.5. The number of esters is 1. The minimum atomic E-state index is -0.278. The van der Waals surface area contributed by atoms with Crippen LogP contribution in [0.4, 0.5) is 5.82 Å². The Morgan fingerprint density at radius 3 is 2.67 bits per heavy atom. The first-order valence-corrected chi connectivity index (χ1v) is 6.42. The predicted octanol–water partition coefficient (Wildman–Crippen LogP) is 2.36. The largest absolute Gasteiger partial charge is 0.465 e. The minimum absolute atomic E-state index is 0.132. The number of nitrogens with zero attached hydrogens (tertiary/aromatic N) is 2. The summed E-state index contributed by atoms with van der Waals surface area (Å²) in [6, 6.07) is 1.90. The smallest absolute Gasteiger partial charge is 0.325 e. The first-order chi connectivity index (χ1) is 8.71. The second-order valence-corrected chi connectivity index (χ2v) is 4.00. The van der Waals surface area contributed by atoms with E-state index in [0.29, 0.717) is 18.3 Å². The highest BCUT2D eigenvalue weighted by Crippen LogP contribution is 2.21. The molecule has 0 radical (unpaired) electrons. The molecule has 0 fully saturated rings. The summed E-state index contributed by atoms with van der Waals surface area (Å²) in [6.07, 6.45) is 3.62. The van der Waals surface area contributed by atoms with Crippen LogP contribution in [0.3, 0.4) is 0 Å². The zero-order valence-electron chi connectivity index (χ0n) is 11.3. The van der Waals surface area contributed by atoms with Crippen molar-refractivity contribution in [1.82, 2.24) is 9.97 Å². The number of ether oxygens (including phenoxy) is 1. The third kappa shape index (κ3) is 4.31. The maximum absolute atomic E-state index is 11.2. The third-order valence-corrected chi connectivity index (χ3v) is 2.81. The Balaban J connectivity index is 2.62. The van der Waals surface area contributed by atoms with E-state index < -0.39 is 0 Å². The number of hydrogen-bond donors (Lipinski definition) is 1. The van der Waals surface area contributed by atoms with Gasteiger partial charge in [-0.1, -0.05) is 13.8 Å². The van der Waals surface area contributed by atoms with Gasteiger partial charge >= 0.3 is 5.97 Å². The van der Waals surface area contributed by atoms with Gasteiger partial charge in [0.1, 0.15) is 18.7 Å². The first kappa shape index (κ1) is 14.4. The summed E-state index contributed by atoms with van der Waals surface area (Å²) in [6.45, 7) is 6.59. The SMILES string of the molecule is CCOC(=O)CNc1cc(C(CC)CC)ncn1. The molecule has 100 valence electrons. The molecule has 0 aliphatic carbocycles. The lowest BCUT2D eigenvalue weighted by Gasteiger charge is -2.12. The van der Waals surface area contributed by atoms with Gasteiger partial charge in [0.25, 0.3) is 0 Å². The lowest BCUT2D eigenvalue weighted by Crippen LogP contribution is -2.17. The summed E-state index contributed by atoms with van der Waals surface area (Å²) in [5.41, 5.74) is 1.02. The lowest BCUT2D eigenvalue weighted by molar-refractivity contribution is -0.140. The molecule has 0 bridgehead atoms. The lowest BCUT2D eigenvalue weighted by atomic mass is 9.99. The zero-order valence-corrected chi connectivity index (χ0v) is 11.3. The molecular weight excluding hydrogens is 230 g/mol. The van der Waals surface area contributed by atoms with Crippen molar-refractivity contribution in [3.8, 4) is 0 Å². The van der Waals surface area contributed by atoms with Crippen LogP contribution in [-0.4, -0.2) is 29.1 Å². The van der Waals surface area contributed by atoms with E-state index in [9.17, 15) is 4.79 Å². The molecule has 0 spiro atoms. The van der Waals surface area contributed by atoms with Crippen LogP contribution in [0.25, 0.3) is 0 Å². The van der Waals surface area contributed by atoms with Crippen molar-refractivity contribution < 1.29 is 9.53 Å². The second kappa shape index (κ2) is 7.63. The van der Waals surface area contributed by atoms with Crippen LogP contribution in [0.15, 0.2) is 12.4 Å². The number of carbonyl (C=O) groups excluding carboxylic acids is 1. The van der Waals surface area contributed by atoms with Gasteiger partial charge in [-0.3, -0.25) is 4.79 Å². The normalized spacial score (nSPS) is 10.4. The average Bonchev–Trinajstić information content (AvgIpc) is 2.39. The van der Waals surface area contributed by atoms with Crippen LogP contribution < -0.4 is 5.32 Å². The van der Waals surface area contributed by atoms with Gasteiger partial charge in [-0.2, -0.15) is 0 Å². The van der Waals surface area contributed by atoms with Crippen LogP contribution in [0, 0.1) is 0 Å². The molecule has 1 aromatic rings. The fourth-order valence-electron chi connectivity index (χ4n) is 1.77. The monoisotopic (exact) mass is 251 g/mol. The number of nitrogens with one attached hydrogen (secondary N) is 1. The van der Waals surface area contributed by atoms with Gasteiger partial charge in [-0.25, -0.2) is 9.97 Å². The summed E-state index contributed by atoms with van der Waals surface area (Å²) < 4.78 is 4.84. The minimum Gasteiger partial charge on any atom is -0.465 e. The molecule has 5 heteroatoms. The molecule has 1 rings (SSSR count). The van der Waals surface area contributed by atoms with Gasteiger partial charge < -0.3 is 10.1 Å². The molecule has 5 nitrogen and oxygen atoms in total. The Kier molecular flexibility index (Phi) is 6.11. The summed E-state index contributed by atoms with van der Waals surface area (Å²) in [7, 11) is 0. The molecule has 0 unspecified atom stereocenters. The summed E-state index contributed by atoms with van der Waals surface area (Å²) in [5, 5.41) is 2.95. The van der Waals surface area contributed by atoms with E-state index in [0.717, 1.165) is 18.5 Å². The van der Waals surface area contributed by atoms with E-state index in [2.05, 4.69) is 29.1 Å². The molecular formula is C13H21N3O2. The van der Waals surface area contributed by atoms with Crippen molar-refractivity contribution >= 4 is 11.8 Å². The van der Waals surface area contributed by atoms with Crippen LogP contribution >= 0.6 is 0 Å². The Bertz CT molecular complexity index is 378. The summed E-state index contributed by atoms with van der Waals surface area (Å²) in [4.78, 5) is 19.6. The molecule has 1 aromatic heterocycles. The van der Waals surface area contributed by atoms with E-state index in [1.807, 2.05) is 6.07 Å². The maximum Gasteiger partial charge on any atom is 0.325 e. The number of aromatic nitrogens is 2. The quantitative estimate of drug-likeness (QED) is 0.754. The van der Waals surface area contributed by atoms with Gasteiger partial charge in [0.15, 0.2) is 0 Å². The van der Waals surface area contributed by atoms with Gasteiger partial charge in [0.05, 0.1) is 6.61 Å². The average molecular weight is 251 g/mol. The third-order valence-electron chi connectivity index (χ3n) is 2.81. The van der Waals surface area contributed by atoms with Gasteiger partial charge in [-0.05, 0) is 19.8 Å². The fraction of sp³-hybridized carbons (Fsp3) is 0.615. The highest BCUT2D eigenvalue weighted by Gasteiger charge is 2.10. The molecule has 0 saturated carbocycles. The molecule has 18 heavy (non-hydrogen) atoms. The number of rotatable bonds is 7. The van der Waals surface area contributed by atoms with Gasteiger partial charge in [-0.15, -0.1) is 0 Å². The maximum atomic E-state index is 11.2. The van der Waals surface area contributed by atoms with Crippen molar-refractivity contribution in [2.24, 2.45) is 0 Å². The Morgan fingerprint density at radius 2 is 2.06 bits per heavy atom. The molecule has 0 atom stereocenters. The van der Waals surface area contributed by atoms with E-state index in [1.54, 1.807) is 6.92 Å². The number of anilines is 1. The summed E-state index contributed by atoms with van der Waals surface area (Å²) >= 11 is 0. The predicted molar refractivity (Wildman–Crippen MR) is 70.5 cm³/mol. The van der Waals surface area contributed by atoms with Crippen LogP contribution in [0.5, 0.6) is 0 Å². The molecule has 0 aliphatic heterocycles. The van der Waals surface area contributed by atoms with Crippen molar-refractivity contribution in [1.29, 1.82) is 0 Å². The van der Waals surface area contributed by atoms with Crippen molar-refractivity contribution in [3.63, 3.8) is 0 Å². The number of hydrogen-bond acceptors (Lipinski definition) is 5. The van der Waals surface area contributed by atoms with E-state index in [4.69, 9.17) is 4.74 Å². The molecule has 0 aromatic carbocycles. The second-order valence-electron chi connectivity index (χ2n) is 4.00. The fourth-order valence-corrected chi connectivity index (χ4v) is 1.77. The van der Waals surface area contributed by atoms with Gasteiger partial charge in [0.2, 0.25) is 0 Å². The van der Waals surface area contributed by atoms with Gasteiger partial charge in [0, 0.05) is 17.7 Å². The molecule has 0 aliphatic rings. The van der Waals surface area contributed by atoms with E-state index in [-0.39, 0.29) is 12.5 Å². The van der Waals surface area contributed by atoms with Crippen LogP contribution in [0.2, 0.25) is 0 Å². The standard InChI is InChI=1S/C13H21N3O2/c1-4-10(5-2)11-7-12(16-9-15-11)14-8-13(17)18-6-3/h7,9-10H,4-6,8H2,1-3H3,(H,14,15,16). The van der Waals surface area contributed by atoms with Crippen LogP contribution in [0.1, 0.15) is 45.2 Å². The van der Waals surface area contributed by atoms with Crippen molar-refractivity contribution in [3.05, 3.63) is 18.1 Å². The molecule has 0 amide bonds. The Morgan fingerprint density at radius 1 is 1.33 bits per heavy atom. The molecule has 0 saturated heterocycles. The summed E-state index contributed by atoms with van der Waals surface area (Å²) in [5.74, 6) is 0.830. The Labute approximate surface area is 108 Å².